The Bertz CT molecular complexity index is 678. The topological polar surface area (TPSA) is 80.7 Å². The lowest BCUT2D eigenvalue weighted by Gasteiger charge is -2.21. The van der Waals surface area contributed by atoms with Gasteiger partial charge in [0.15, 0.2) is 6.10 Å². The highest BCUT2D eigenvalue weighted by molar-refractivity contribution is 14.1. The molecule has 1 rings (SSSR count). The summed E-state index contributed by atoms with van der Waals surface area (Å²) >= 11 is 5.77. The third-order valence-electron chi connectivity index (χ3n) is 2.31. The number of halogens is 5. The lowest BCUT2D eigenvalue weighted by Crippen LogP contribution is -2.42. The number of esters is 1. The summed E-state index contributed by atoms with van der Waals surface area (Å²) < 4.78 is 62.7. The summed E-state index contributed by atoms with van der Waals surface area (Å²) in [6.07, 6.45) is -2.33. The number of benzene rings is 1. The van der Waals surface area contributed by atoms with Gasteiger partial charge in [-0.15, -0.1) is 0 Å². The summed E-state index contributed by atoms with van der Waals surface area (Å²) in [4.78, 5) is 11.9. The van der Waals surface area contributed by atoms with Gasteiger partial charge in [-0.25, -0.2) is 4.79 Å². The molecular weight excluding hydrogens is 651 g/mol. The zero-order valence-corrected chi connectivity index (χ0v) is 17.4. The van der Waals surface area contributed by atoms with Gasteiger partial charge in [-0.05, 0) is 86.8 Å². The van der Waals surface area contributed by atoms with Crippen LogP contribution in [0, 0.1) is 10.7 Å². The van der Waals surface area contributed by atoms with E-state index in [9.17, 15) is 22.0 Å². The molecular formula is C10H7F2I3O5S. The van der Waals surface area contributed by atoms with Crippen LogP contribution in [0.4, 0.5) is 8.78 Å². The monoisotopic (exact) mass is 658 g/mol. The van der Waals surface area contributed by atoms with E-state index in [-0.39, 0.29) is 5.56 Å². The highest BCUT2D eigenvalue weighted by atomic mass is 127. The van der Waals surface area contributed by atoms with Gasteiger partial charge in [-0.2, -0.15) is 17.2 Å². The minimum atomic E-state index is -5.67. The van der Waals surface area contributed by atoms with E-state index in [0.29, 0.717) is 14.1 Å². The third-order valence-corrected chi connectivity index (χ3v) is 7.00. The van der Waals surface area contributed by atoms with Gasteiger partial charge in [0.2, 0.25) is 0 Å². The zero-order valence-electron chi connectivity index (χ0n) is 10.1. The number of carbonyl (C=O) groups is 1. The zero-order chi connectivity index (χ0) is 16.6. The van der Waals surface area contributed by atoms with Gasteiger partial charge in [-0.3, -0.25) is 4.55 Å². The molecule has 1 atom stereocenters. The lowest BCUT2D eigenvalue weighted by atomic mass is 10.2. The van der Waals surface area contributed by atoms with Crippen molar-refractivity contribution < 1.29 is 31.3 Å². The van der Waals surface area contributed by atoms with Crippen molar-refractivity contribution in [3.63, 3.8) is 0 Å². The van der Waals surface area contributed by atoms with Gasteiger partial charge in [0.25, 0.3) is 0 Å². The summed E-state index contributed by atoms with van der Waals surface area (Å²) in [6, 6.07) is 3.21. The van der Waals surface area contributed by atoms with Crippen LogP contribution in [0.2, 0.25) is 0 Å². The Kier molecular flexibility index (Phi) is 6.60. The van der Waals surface area contributed by atoms with Crippen LogP contribution in [0.15, 0.2) is 12.1 Å². The molecule has 0 spiro atoms. The molecule has 0 aliphatic rings. The van der Waals surface area contributed by atoms with Crippen LogP contribution in [0.1, 0.15) is 17.3 Å². The fourth-order valence-corrected chi connectivity index (χ4v) is 4.05. The van der Waals surface area contributed by atoms with E-state index in [2.05, 4.69) is 4.74 Å². The minimum absolute atomic E-state index is 0.0462. The van der Waals surface area contributed by atoms with Crippen molar-refractivity contribution in [2.45, 2.75) is 18.3 Å². The first-order valence-corrected chi connectivity index (χ1v) is 9.76. The van der Waals surface area contributed by atoms with Crippen molar-refractivity contribution in [2.75, 3.05) is 0 Å². The number of rotatable bonds is 4. The first kappa shape index (κ1) is 19.7. The minimum Gasteiger partial charge on any atom is -0.451 e. The van der Waals surface area contributed by atoms with Crippen LogP contribution in [0.3, 0.4) is 0 Å². The third kappa shape index (κ3) is 4.57. The van der Waals surface area contributed by atoms with E-state index < -0.39 is 27.4 Å². The summed E-state index contributed by atoms with van der Waals surface area (Å²) in [7, 11) is -5.67. The Hall–Kier alpha value is 0.650. The van der Waals surface area contributed by atoms with E-state index in [1.807, 2.05) is 67.8 Å². The normalized spacial score (nSPS) is 13.9. The molecule has 0 amide bonds. The molecule has 1 aromatic rings. The molecule has 0 saturated heterocycles. The van der Waals surface area contributed by atoms with Crippen molar-refractivity contribution in [2.24, 2.45) is 0 Å². The maximum Gasteiger partial charge on any atom is 0.405 e. The van der Waals surface area contributed by atoms with Crippen molar-refractivity contribution in [3.8, 4) is 0 Å². The number of hydrogen-bond acceptors (Lipinski definition) is 4. The molecule has 0 bridgehead atoms. The molecule has 0 fully saturated rings. The number of carbonyl (C=O) groups excluding carboxylic acids is 1. The van der Waals surface area contributed by atoms with Gasteiger partial charge in [0.05, 0.1) is 5.56 Å². The maximum atomic E-state index is 13.3. The Labute approximate surface area is 160 Å². The van der Waals surface area contributed by atoms with Crippen LogP contribution in [-0.2, 0) is 14.9 Å². The van der Waals surface area contributed by atoms with Crippen molar-refractivity contribution >= 4 is 83.9 Å². The molecule has 0 aliphatic carbocycles. The summed E-state index contributed by atoms with van der Waals surface area (Å²) in [6.45, 7) is 0.692. The number of ether oxygens (including phenoxy) is 1. The molecule has 11 heteroatoms. The molecule has 1 aromatic carbocycles. The molecule has 0 saturated carbocycles. The first-order valence-electron chi connectivity index (χ1n) is 5.08. The molecule has 5 nitrogen and oxygen atoms in total. The molecule has 0 aromatic heterocycles. The van der Waals surface area contributed by atoms with E-state index >= 15 is 0 Å². The smallest absolute Gasteiger partial charge is 0.405 e. The average molecular weight is 658 g/mol. The van der Waals surface area contributed by atoms with Crippen LogP contribution in [-0.4, -0.2) is 30.3 Å². The number of hydrogen-bond donors (Lipinski definition) is 1. The van der Waals surface area contributed by atoms with Gasteiger partial charge in [0, 0.05) is 10.7 Å². The SMILES string of the molecule is CC(OC(=O)c1cc(I)cc(I)c1I)C(F)(F)S(=O)(=O)O. The molecule has 0 aliphatic heterocycles. The van der Waals surface area contributed by atoms with E-state index in [0.717, 1.165) is 3.57 Å². The van der Waals surface area contributed by atoms with Crippen molar-refractivity contribution in [1.82, 2.24) is 0 Å². The Morgan fingerprint density at radius 1 is 1.33 bits per heavy atom. The maximum absolute atomic E-state index is 13.3. The second-order valence-corrected chi connectivity index (χ2v) is 8.81. The van der Waals surface area contributed by atoms with Crippen molar-refractivity contribution in [1.29, 1.82) is 0 Å². The fraction of sp³-hybridized carbons (Fsp3) is 0.300. The lowest BCUT2D eigenvalue weighted by molar-refractivity contribution is -0.0550. The summed E-state index contributed by atoms with van der Waals surface area (Å²) in [5, 5.41) is -4.58. The molecule has 118 valence electrons. The van der Waals surface area contributed by atoms with Crippen LogP contribution < -0.4 is 0 Å². The molecule has 0 heterocycles. The second kappa shape index (κ2) is 7.04. The Morgan fingerprint density at radius 3 is 2.33 bits per heavy atom. The van der Waals surface area contributed by atoms with Gasteiger partial charge < -0.3 is 4.74 Å². The average Bonchev–Trinajstić information content (AvgIpc) is 2.31. The van der Waals surface area contributed by atoms with E-state index in [4.69, 9.17) is 4.55 Å². The van der Waals surface area contributed by atoms with Gasteiger partial charge in [-0.1, -0.05) is 0 Å². The van der Waals surface area contributed by atoms with E-state index in [1.54, 1.807) is 6.07 Å². The number of alkyl halides is 2. The predicted molar refractivity (Wildman–Crippen MR) is 96.0 cm³/mol. The van der Waals surface area contributed by atoms with Crippen molar-refractivity contribution in [3.05, 3.63) is 28.4 Å². The fourth-order valence-electron chi connectivity index (χ4n) is 1.21. The van der Waals surface area contributed by atoms with E-state index in [1.165, 1.54) is 6.07 Å². The largest absolute Gasteiger partial charge is 0.451 e. The Balaban J connectivity index is 3.08. The van der Waals surface area contributed by atoms with Gasteiger partial charge >= 0.3 is 21.3 Å². The van der Waals surface area contributed by atoms with Crippen LogP contribution in [0.5, 0.6) is 0 Å². The summed E-state index contributed by atoms with van der Waals surface area (Å²) in [5.41, 5.74) is 0.0462. The van der Waals surface area contributed by atoms with Crippen LogP contribution in [0.25, 0.3) is 0 Å². The van der Waals surface area contributed by atoms with Crippen LogP contribution >= 0.6 is 67.8 Å². The Morgan fingerprint density at radius 2 is 1.86 bits per heavy atom. The molecule has 0 radical (unpaired) electrons. The molecule has 21 heavy (non-hydrogen) atoms. The quantitative estimate of drug-likeness (QED) is 0.232. The standard InChI is InChI=1S/C10H7F2I3O5S/c1-4(10(11,12)21(17,18)19)20-9(16)6-2-5(13)3-7(14)8(6)15/h2-4H,1H3,(H,17,18,19). The predicted octanol–water partition coefficient (Wildman–Crippen LogP) is 3.53. The summed E-state index contributed by atoms with van der Waals surface area (Å²) in [5.74, 6) is -1.09. The second-order valence-electron chi connectivity index (χ2n) is 3.83. The highest BCUT2D eigenvalue weighted by Gasteiger charge is 2.52. The highest BCUT2D eigenvalue weighted by Crippen LogP contribution is 2.29. The molecule has 1 N–H and O–H groups in total. The van der Waals surface area contributed by atoms with Gasteiger partial charge in [0.1, 0.15) is 0 Å². The first-order chi connectivity index (χ1) is 9.37. The molecule has 1 unspecified atom stereocenters.